The molecule has 0 saturated heterocycles. The van der Waals surface area contributed by atoms with Crippen LogP contribution in [0.3, 0.4) is 0 Å². The molecule has 0 radical (unpaired) electrons. The third-order valence-corrected chi connectivity index (χ3v) is 3.99. The van der Waals surface area contributed by atoms with Crippen LogP contribution in [0.25, 0.3) is 5.82 Å². The van der Waals surface area contributed by atoms with Crippen molar-refractivity contribution in [2.75, 3.05) is 18.4 Å². The van der Waals surface area contributed by atoms with Gasteiger partial charge in [0.1, 0.15) is 11.6 Å². The molecule has 7 nitrogen and oxygen atoms in total. The van der Waals surface area contributed by atoms with Gasteiger partial charge in [0.25, 0.3) is 0 Å². The van der Waals surface area contributed by atoms with Gasteiger partial charge >= 0.3 is 0 Å². The highest BCUT2D eigenvalue weighted by molar-refractivity contribution is 6.31. The van der Waals surface area contributed by atoms with Gasteiger partial charge in [-0.25, -0.2) is 14.6 Å². The van der Waals surface area contributed by atoms with Crippen LogP contribution in [0.2, 0.25) is 5.02 Å². The van der Waals surface area contributed by atoms with Crippen LogP contribution in [-0.4, -0.2) is 38.7 Å². The van der Waals surface area contributed by atoms with Gasteiger partial charge < -0.3 is 10.6 Å². The number of rotatable bonds is 7. The molecule has 0 spiro atoms. The molecule has 3 aromatic rings. The lowest BCUT2D eigenvalue weighted by molar-refractivity contribution is -0.120. The average molecular weight is 371 g/mol. The molecule has 2 heterocycles. The predicted molar refractivity (Wildman–Crippen MR) is 101 cm³/mol. The molecule has 8 heteroatoms. The molecule has 2 aromatic heterocycles. The van der Waals surface area contributed by atoms with Crippen molar-refractivity contribution in [3.05, 3.63) is 65.2 Å². The van der Waals surface area contributed by atoms with Gasteiger partial charge in [-0.3, -0.25) is 4.79 Å². The molecule has 1 aromatic carbocycles. The van der Waals surface area contributed by atoms with Gasteiger partial charge in [-0.05, 0) is 24.6 Å². The molecule has 0 fully saturated rings. The van der Waals surface area contributed by atoms with Crippen molar-refractivity contribution in [2.45, 2.75) is 13.3 Å². The molecule has 0 saturated carbocycles. The Morgan fingerprint density at radius 3 is 2.81 bits per heavy atom. The van der Waals surface area contributed by atoms with Crippen molar-refractivity contribution in [1.29, 1.82) is 0 Å². The minimum Gasteiger partial charge on any atom is -0.368 e. The number of halogens is 1. The van der Waals surface area contributed by atoms with Crippen molar-refractivity contribution in [1.82, 2.24) is 25.1 Å². The first-order chi connectivity index (χ1) is 12.6. The largest absolute Gasteiger partial charge is 0.368 e. The van der Waals surface area contributed by atoms with E-state index >= 15 is 0 Å². The number of hydrogen-bond acceptors (Lipinski definition) is 5. The second-order valence-electron chi connectivity index (χ2n) is 5.65. The average Bonchev–Trinajstić information content (AvgIpc) is 3.15. The quantitative estimate of drug-likeness (QED) is 0.624. The molecule has 3 rings (SSSR count). The maximum Gasteiger partial charge on any atom is 0.224 e. The second kappa shape index (κ2) is 8.44. The van der Waals surface area contributed by atoms with Crippen LogP contribution in [0.15, 0.2) is 48.8 Å². The summed E-state index contributed by atoms with van der Waals surface area (Å²) in [6.45, 7) is 2.84. The fourth-order valence-corrected chi connectivity index (χ4v) is 2.64. The summed E-state index contributed by atoms with van der Waals surface area (Å²) in [5.41, 5.74) is 0.815. The van der Waals surface area contributed by atoms with Crippen molar-refractivity contribution in [2.24, 2.45) is 0 Å². The number of nitrogens with one attached hydrogen (secondary N) is 2. The molecule has 2 N–H and O–H groups in total. The summed E-state index contributed by atoms with van der Waals surface area (Å²) in [4.78, 5) is 20.7. The fourth-order valence-electron chi connectivity index (χ4n) is 2.43. The van der Waals surface area contributed by atoms with Gasteiger partial charge in [-0.1, -0.05) is 29.8 Å². The van der Waals surface area contributed by atoms with Crippen molar-refractivity contribution in [3.63, 3.8) is 0 Å². The van der Waals surface area contributed by atoms with Crippen LogP contribution in [0.5, 0.6) is 0 Å². The molecular formula is C18H19ClN6O. The summed E-state index contributed by atoms with van der Waals surface area (Å²) in [5.74, 6) is 1.94. The minimum atomic E-state index is -0.0731. The number of aryl methyl sites for hydroxylation is 1. The molecule has 1 amide bonds. The Bertz CT molecular complexity index is 881. The molecule has 0 unspecified atom stereocenters. The summed E-state index contributed by atoms with van der Waals surface area (Å²) in [6.07, 6.45) is 3.77. The van der Waals surface area contributed by atoms with Crippen molar-refractivity contribution >= 4 is 23.3 Å². The first kappa shape index (κ1) is 17.9. The van der Waals surface area contributed by atoms with E-state index in [-0.39, 0.29) is 12.3 Å². The maximum atomic E-state index is 12.0. The Kier molecular flexibility index (Phi) is 5.80. The second-order valence-corrected chi connectivity index (χ2v) is 6.06. The summed E-state index contributed by atoms with van der Waals surface area (Å²) in [5, 5.41) is 10.8. The standard InChI is InChI=1S/C18H19ClN6O/c1-13-23-16(12-17(24-13)25-10-4-7-22-25)20-8-9-21-18(26)11-14-5-2-3-6-15(14)19/h2-7,10,12H,8-9,11H2,1H3,(H,21,26)(H,20,23,24). The smallest absolute Gasteiger partial charge is 0.224 e. The fraction of sp³-hybridized carbons (Fsp3) is 0.222. The molecule has 0 bridgehead atoms. The zero-order valence-electron chi connectivity index (χ0n) is 14.3. The lowest BCUT2D eigenvalue weighted by Gasteiger charge is -2.10. The van der Waals surface area contributed by atoms with E-state index in [1.807, 2.05) is 43.5 Å². The Balaban J connectivity index is 1.49. The van der Waals surface area contributed by atoms with E-state index < -0.39 is 0 Å². The number of anilines is 1. The van der Waals surface area contributed by atoms with Crippen LogP contribution < -0.4 is 10.6 Å². The van der Waals surface area contributed by atoms with Gasteiger partial charge in [0, 0.05) is 36.6 Å². The lowest BCUT2D eigenvalue weighted by Crippen LogP contribution is -2.30. The number of nitrogens with zero attached hydrogens (tertiary/aromatic N) is 4. The summed E-state index contributed by atoms with van der Waals surface area (Å²) >= 11 is 6.07. The van der Waals surface area contributed by atoms with E-state index in [2.05, 4.69) is 25.7 Å². The van der Waals surface area contributed by atoms with Gasteiger partial charge in [-0.15, -0.1) is 0 Å². The number of hydrogen-bond donors (Lipinski definition) is 2. The van der Waals surface area contributed by atoms with Gasteiger partial charge in [0.05, 0.1) is 6.42 Å². The summed E-state index contributed by atoms with van der Waals surface area (Å²) < 4.78 is 1.67. The summed E-state index contributed by atoms with van der Waals surface area (Å²) in [7, 11) is 0. The third kappa shape index (κ3) is 4.80. The van der Waals surface area contributed by atoms with Crippen LogP contribution in [-0.2, 0) is 11.2 Å². The molecular weight excluding hydrogens is 352 g/mol. The monoisotopic (exact) mass is 370 g/mol. The van der Waals surface area contributed by atoms with E-state index in [0.717, 1.165) is 5.56 Å². The Morgan fingerprint density at radius 1 is 1.19 bits per heavy atom. The topological polar surface area (TPSA) is 84.7 Å². The molecule has 134 valence electrons. The third-order valence-electron chi connectivity index (χ3n) is 3.63. The van der Waals surface area contributed by atoms with E-state index in [9.17, 15) is 4.79 Å². The SMILES string of the molecule is Cc1nc(NCCNC(=O)Cc2ccccc2Cl)cc(-n2cccn2)n1. The zero-order valence-corrected chi connectivity index (χ0v) is 15.1. The first-order valence-electron chi connectivity index (χ1n) is 8.21. The van der Waals surface area contributed by atoms with Crippen molar-refractivity contribution < 1.29 is 4.79 Å². The zero-order chi connectivity index (χ0) is 18.4. The van der Waals surface area contributed by atoms with E-state index in [4.69, 9.17) is 11.6 Å². The normalized spacial score (nSPS) is 10.5. The first-order valence-corrected chi connectivity index (χ1v) is 8.59. The lowest BCUT2D eigenvalue weighted by atomic mass is 10.1. The Hall–Kier alpha value is -2.93. The predicted octanol–water partition coefficient (Wildman–Crippen LogP) is 2.39. The highest BCUT2D eigenvalue weighted by Gasteiger charge is 2.07. The molecule has 0 atom stereocenters. The van der Waals surface area contributed by atoms with Crippen LogP contribution in [0.4, 0.5) is 5.82 Å². The molecule has 0 aliphatic carbocycles. The Morgan fingerprint density at radius 2 is 2.04 bits per heavy atom. The van der Waals surface area contributed by atoms with Crippen LogP contribution in [0, 0.1) is 6.92 Å². The summed E-state index contributed by atoms with van der Waals surface area (Å²) in [6, 6.07) is 11.0. The van der Waals surface area contributed by atoms with E-state index in [1.165, 1.54) is 0 Å². The van der Waals surface area contributed by atoms with E-state index in [1.54, 1.807) is 16.9 Å². The maximum absolute atomic E-state index is 12.0. The number of amides is 1. The highest BCUT2D eigenvalue weighted by Crippen LogP contribution is 2.15. The van der Waals surface area contributed by atoms with Gasteiger partial charge in [-0.2, -0.15) is 5.10 Å². The van der Waals surface area contributed by atoms with Gasteiger partial charge in [0.2, 0.25) is 5.91 Å². The number of carbonyl (C=O) groups is 1. The van der Waals surface area contributed by atoms with E-state index in [0.29, 0.717) is 35.6 Å². The number of carbonyl (C=O) groups excluding carboxylic acids is 1. The number of aromatic nitrogens is 4. The van der Waals surface area contributed by atoms with Crippen molar-refractivity contribution in [3.8, 4) is 5.82 Å². The highest BCUT2D eigenvalue weighted by atomic mass is 35.5. The molecule has 0 aliphatic rings. The number of benzene rings is 1. The Labute approximate surface area is 156 Å². The minimum absolute atomic E-state index is 0.0731. The van der Waals surface area contributed by atoms with Gasteiger partial charge in [0.15, 0.2) is 5.82 Å². The van der Waals surface area contributed by atoms with Crippen LogP contribution in [0.1, 0.15) is 11.4 Å². The molecule has 0 aliphatic heterocycles. The van der Waals surface area contributed by atoms with Crippen LogP contribution >= 0.6 is 11.6 Å². The molecule has 26 heavy (non-hydrogen) atoms.